The normalized spacial score (nSPS) is 13.4. The molecule has 0 radical (unpaired) electrons. The molecule has 0 aliphatic carbocycles. The molecule has 0 amide bonds. The predicted octanol–water partition coefficient (Wildman–Crippen LogP) is 1.34. The van der Waals surface area contributed by atoms with E-state index in [1.54, 1.807) is 6.92 Å². The third kappa shape index (κ3) is 5.78. The van der Waals surface area contributed by atoms with Crippen LogP contribution < -0.4 is 10.1 Å². The number of aliphatic hydroxyl groups excluding tert-OH is 3. The zero-order valence-electron chi connectivity index (χ0n) is 15.4. The predicted molar refractivity (Wildman–Crippen MR) is 99.9 cm³/mol. The quantitative estimate of drug-likeness (QED) is 0.511. The van der Waals surface area contributed by atoms with Crippen molar-refractivity contribution in [3.63, 3.8) is 0 Å². The van der Waals surface area contributed by atoms with Crippen LogP contribution >= 0.6 is 0 Å². The molecule has 0 saturated carbocycles. The van der Waals surface area contributed by atoms with Gasteiger partial charge in [0.25, 0.3) is 0 Å². The topological polar surface area (TPSA) is 94.8 Å². The Hall–Kier alpha value is -1.99. The van der Waals surface area contributed by atoms with Crippen LogP contribution in [0.4, 0.5) is 0 Å². The summed E-state index contributed by atoms with van der Waals surface area (Å²) in [5.74, 6) is 0.426. The van der Waals surface area contributed by atoms with Crippen LogP contribution in [-0.4, -0.2) is 45.6 Å². The molecule has 1 heterocycles. The van der Waals surface area contributed by atoms with Crippen molar-refractivity contribution in [3.05, 3.63) is 58.9 Å². The van der Waals surface area contributed by atoms with Gasteiger partial charge in [0, 0.05) is 29.9 Å². The van der Waals surface area contributed by atoms with Gasteiger partial charge < -0.3 is 25.4 Å². The second kappa shape index (κ2) is 10.2. The fourth-order valence-corrected chi connectivity index (χ4v) is 2.79. The van der Waals surface area contributed by atoms with E-state index in [9.17, 15) is 15.3 Å². The molecule has 2 rings (SSSR count). The van der Waals surface area contributed by atoms with E-state index in [-0.39, 0.29) is 25.9 Å². The Morgan fingerprint density at radius 1 is 1.15 bits per heavy atom. The minimum Gasteiger partial charge on any atom is -0.489 e. The Bertz CT molecular complexity index is 679. The molecule has 1 aromatic carbocycles. The Morgan fingerprint density at radius 3 is 2.54 bits per heavy atom. The van der Waals surface area contributed by atoms with Crippen molar-refractivity contribution in [1.29, 1.82) is 0 Å². The van der Waals surface area contributed by atoms with Crippen LogP contribution in [0.2, 0.25) is 0 Å². The van der Waals surface area contributed by atoms with Crippen LogP contribution in [0.5, 0.6) is 5.75 Å². The summed E-state index contributed by atoms with van der Waals surface area (Å²) in [6.07, 6.45) is 1.71. The van der Waals surface area contributed by atoms with Crippen molar-refractivity contribution >= 4 is 0 Å². The average molecular weight is 360 g/mol. The molecule has 26 heavy (non-hydrogen) atoms. The third-order valence-electron chi connectivity index (χ3n) is 4.24. The van der Waals surface area contributed by atoms with Crippen molar-refractivity contribution in [1.82, 2.24) is 10.3 Å². The number of aromatic nitrogens is 1. The molecule has 0 aliphatic heterocycles. The maximum absolute atomic E-state index is 10.2. The molecule has 1 aromatic heterocycles. The zero-order chi connectivity index (χ0) is 18.9. The number of rotatable bonds is 10. The number of hydrogen-bond acceptors (Lipinski definition) is 6. The first-order valence-corrected chi connectivity index (χ1v) is 8.82. The van der Waals surface area contributed by atoms with Gasteiger partial charge in [0.05, 0.1) is 18.9 Å². The summed E-state index contributed by atoms with van der Waals surface area (Å²) in [6.45, 7) is 3.84. The number of hydrogen-bond donors (Lipinski definition) is 4. The Labute approximate surface area is 154 Å². The molecular formula is C20H28N2O4. The monoisotopic (exact) mass is 360 g/mol. The highest BCUT2D eigenvalue weighted by molar-refractivity contribution is 5.41. The number of nitrogens with zero attached hydrogens (tertiary/aromatic N) is 1. The zero-order valence-corrected chi connectivity index (χ0v) is 15.4. The second-order valence-electron chi connectivity index (χ2n) is 6.46. The SMILES string of the molecule is Cc1ncc(CO)c(CO)c1OCC(O)CNC(C)Cc1ccccc1. The summed E-state index contributed by atoms with van der Waals surface area (Å²) in [4.78, 5) is 4.16. The van der Waals surface area contributed by atoms with Gasteiger partial charge in [-0.2, -0.15) is 0 Å². The maximum atomic E-state index is 10.2. The molecule has 6 nitrogen and oxygen atoms in total. The van der Waals surface area contributed by atoms with E-state index in [1.165, 1.54) is 11.8 Å². The molecule has 0 fully saturated rings. The summed E-state index contributed by atoms with van der Waals surface area (Å²) in [5, 5.41) is 32.4. The van der Waals surface area contributed by atoms with Crippen molar-refractivity contribution < 1.29 is 20.1 Å². The molecular weight excluding hydrogens is 332 g/mol. The molecule has 4 N–H and O–H groups in total. The van der Waals surface area contributed by atoms with Crippen LogP contribution in [0.25, 0.3) is 0 Å². The van der Waals surface area contributed by atoms with Gasteiger partial charge in [-0.3, -0.25) is 4.98 Å². The lowest BCUT2D eigenvalue weighted by Gasteiger charge is -2.20. The van der Waals surface area contributed by atoms with Crippen LogP contribution in [0.1, 0.15) is 29.3 Å². The van der Waals surface area contributed by atoms with Crippen molar-refractivity contribution in [2.45, 2.75) is 45.6 Å². The summed E-state index contributed by atoms with van der Waals surface area (Å²) in [5.41, 5.74) is 2.90. The molecule has 2 unspecified atom stereocenters. The van der Waals surface area contributed by atoms with E-state index in [0.717, 1.165) is 6.42 Å². The fourth-order valence-electron chi connectivity index (χ4n) is 2.79. The molecule has 2 atom stereocenters. The lowest BCUT2D eigenvalue weighted by molar-refractivity contribution is 0.102. The Morgan fingerprint density at radius 2 is 1.88 bits per heavy atom. The van der Waals surface area contributed by atoms with Crippen LogP contribution in [0, 0.1) is 6.92 Å². The lowest BCUT2D eigenvalue weighted by atomic mass is 10.1. The maximum Gasteiger partial charge on any atom is 0.146 e. The molecule has 0 bridgehead atoms. The summed E-state index contributed by atoms with van der Waals surface area (Å²) >= 11 is 0. The van der Waals surface area contributed by atoms with Crippen LogP contribution in [0.3, 0.4) is 0 Å². The van der Waals surface area contributed by atoms with E-state index in [0.29, 0.717) is 29.1 Å². The van der Waals surface area contributed by atoms with Crippen molar-refractivity contribution in [3.8, 4) is 5.75 Å². The van der Waals surface area contributed by atoms with Crippen LogP contribution in [-0.2, 0) is 19.6 Å². The molecule has 0 saturated heterocycles. The van der Waals surface area contributed by atoms with Gasteiger partial charge in [0.15, 0.2) is 0 Å². The minimum absolute atomic E-state index is 0.0788. The molecule has 0 spiro atoms. The van der Waals surface area contributed by atoms with E-state index >= 15 is 0 Å². The number of nitrogens with one attached hydrogen (secondary N) is 1. The smallest absolute Gasteiger partial charge is 0.146 e. The van der Waals surface area contributed by atoms with Gasteiger partial charge in [-0.25, -0.2) is 0 Å². The van der Waals surface area contributed by atoms with Gasteiger partial charge in [-0.05, 0) is 25.8 Å². The van der Waals surface area contributed by atoms with Crippen molar-refractivity contribution in [2.24, 2.45) is 0 Å². The molecule has 0 aliphatic rings. The molecule has 6 heteroatoms. The van der Waals surface area contributed by atoms with E-state index < -0.39 is 6.10 Å². The number of benzene rings is 1. The largest absolute Gasteiger partial charge is 0.489 e. The highest BCUT2D eigenvalue weighted by Crippen LogP contribution is 2.25. The number of pyridine rings is 1. The summed E-state index contributed by atoms with van der Waals surface area (Å²) < 4.78 is 5.69. The van der Waals surface area contributed by atoms with Gasteiger partial charge >= 0.3 is 0 Å². The van der Waals surface area contributed by atoms with Gasteiger partial charge in [-0.15, -0.1) is 0 Å². The van der Waals surface area contributed by atoms with E-state index in [1.807, 2.05) is 18.2 Å². The van der Waals surface area contributed by atoms with Crippen LogP contribution in [0.15, 0.2) is 36.5 Å². The standard InChI is InChI=1S/C20H28N2O4/c1-14(8-16-6-4-3-5-7-16)21-10-18(25)13-26-20-15(2)22-9-17(11-23)19(20)12-24/h3-7,9,14,18,21,23-25H,8,10-13H2,1-2H3. The highest BCUT2D eigenvalue weighted by Gasteiger charge is 2.15. The number of aliphatic hydroxyl groups is 3. The van der Waals surface area contributed by atoms with Gasteiger partial charge in [-0.1, -0.05) is 30.3 Å². The van der Waals surface area contributed by atoms with Gasteiger partial charge in [0.2, 0.25) is 0 Å². The molecule has 2 aromatic rings. The fraction of sp³-hybridized carbons (Fsp3) is 0.450. The highest BCUT2D eigenvalue weighted by atomic mass is 16.5. The minimum atomic E-state index is -0.697. The number of ether oxygens (including phenoxy) is 1. The second-order valence-corrected chi connectivity index (χ2v) is 6.46. The average Bonchev–Trinajstić information content (AvgIpc) is 2.65. The van der Waals surface area contributed by atoms with Crippen molar-refractivity contribution in [2.75, 3.05) is 13.2 Å². The van der Waals surface area contributed by atoms with E-state index in [2.05, 4.69) is 29.4 Å². The Kier molecular flexibility index (Phi) is 8.00. The van der Waals surface area contributed by atoms with Gasteiger partial charge in [0.1, 0.15) is 18.5 Å². The third-order valence-corrected chi connectivity index (χ3v) is 4.24. The summed E-state index contributed by atoms with van der Waals surface area (Å²) in [7, 11) is 0. The molecule has 142 valence electrons. The summed E-state index contributed by atoms with van der Waals surface area (Å²) in [6, 6.07) is 10.4. The van der Waals surface area contributed by atoms with E-state index in [4.69, 9.17) is 4.74 Å². The number of aryl methyl sites for hydroxylation is 1. The first-order chi connectivity index (χ1) is 12.5. The first kappa shape index (κ1) is 20.3. The Balaban J connectivity index is 1.84. The lowest BCUT2D eigenvalue weighted by Crippen LogP contribution is -2.37. The first-order valence-electron chi connectivity index (χ1n) is 8.82.